The largest absolute Gasteiger partial charge is 0.388 e. The Balaban J connectivity index is 2.28. The molecular formula is C10H19NO2. The maximum Gasteiger partial charge on any atom is 0.219 e. The fourth-order valence-corrected chi connectivity index (χ4v) is 1.77. The lowest BCUT2D eigenvalue weighted by Crippen LogP contribution is -2.44. The van der Waals surface area contributed by atoms with Crippen LogP contribution in [0.4, 0.5) is 0 Å². The van der Waals surface area contributed by atoms with Crippen molar-refractivity contribution in [1.29, 1.82) is 0 Å². The number of amides is 1. The van der Waals surface area contributed by atoms with Crippen LogP contribution in [0.3, 0.4) is 0 Å². The second kappa shape index (κ2) is 4.61. The number of hydrogen-bond acceptors (Lipinski definition) is 2. The standard InChI is InChI=1S/C10H19NO2/c1-2-9(12)11-8-10(13)6-4-3-5-7-10/h13H,2-8H2,1H3,(H,11,12). The molecule has 3 heteroatoms. The number of carbonyl (C=O) groups excluding carboxylic acids is 1. The molecule has 1 saturated carbocycles. The SMILES string of the molecule is CCC(=O)NCC1(O)CCCCC1. The second-order valence-electron chi connectivity index (χ2n) is 3.92. The van der Waals surface area contributed by atoms with Crippen molar-refractivity contribution in [2.75, 3.05) is 6.54 Å². The summed E-state index contributed by atoms with van der Waals surface area (Å²) in [6.45, 7) is 2.25. The summed E-state index contributed by atoms with van der Waals surface area (Å²) in [5.41, 5.74) is -0.622. The van der Waals surface area contributed by atoms with E-state index in [9.17, 15) is 9.90 Å². The third-order valence-corrected chi connectivity index (χ3v) is 2.72. The normalized spacial score (nSPS) is 21.1. The molecule has 1 aliphatic rings. The highest BCUT2D eigenvalue weighted by Gasteiger charge is 2.28. The molecule has 0 saturated heterocycles. The van der Waals surface area contributed by atoms with E-state index in [0.29, 0.717) is 13.0 Å². The average molecular weight is 185 g/mol. The summed E-state index contributed by atoms with van der Waals surface area (Å²) in [7, 11) is 0. The van der Waals surface area contributed by atoms with Crippen LogP contribution in [0.1, 0.15) is 45.4 Å². The Morgan fingerprint density at radius 3 is 2.54 bits per heavy atom. The van der Waals surface area contributed by atoms with E-state index in [-0.39, 0.29) is 5.91 Å². The Kier molecular flexibility index (Phi) is 3.72. The molecule has 2 N–H and O–H groups in total. The first kappa shape index (κ1) is 10.5. The Labute approximate surface area is 79.5 Å². The monoisotopic (exact) mass is 185 g/mol. The second-order valence-corrected chi connectivity index (χ2v) is 3.92. The van der Waals surface area contributed by atoms with E-state index in [2.05, 4.69) is 5.32 Å². The van der Waals surface area contributed by atoms with Gasteiger partial charge in [-0.2, -0.15) is 0 Å². The Morgan fingerprint density at radius 1 is 1.38 bits per heavy atom. The summed E-state index contributed by atoms with van der Waals surface area (Å²) in [4.78, 5) is 11.0. The molecule has 0 heterocycles. The maximum atomic E-state index is 11.0. The number of nitrogens with one attached hydrogen (secondary N) is 1. The number of rotatable bonds is 3. The molecule has 0 aromatic rings. The molecule has 13 heavy (non-hydrogen) atoms. The van der Waals surface area contributed by atoms with Gasteiger partial charge >= 0.3 is 0 Å². The van der Waals surface area contributed by atoms with Crippen LogP contribution in [0.25, 0.3) is 0 Å². The van der Waals surface area contributed by atoms with Crippen molar-refractivity contribution in [3.8, 4) is 0 Å². The molecule has 1 rings (SSSR count). The average Bonchev–Trinajstić information content (AvgIpc) is 2.15. The van der Waals surface area contributed by atoms with Gasteiger partial charge in [-0.3, -0.25) is 4.79 Å². The van der Waals surface area contributed by atoms with Crippen LogP contribution in [0, 0.1) is 0 Å². The first-order chi connectivity index (χ1) is 6.16. The van der Waals surface area contributed by atoms with Gasteiger partial charge in [0.25, 0.3) is 0 Å². The Bertz CT molecular complexity index is 174. The van der Waals surface area contributed by atoms with Gasteiger partial charge in [-0.15, -0.1) is 0 Å². The summed E-state index contributed by atoms with van der Waals surface area (Å²) in [6, 6.07) is 0. The zero-order valence-electron chi connectivity index (χ0n) is 8.31. The van der Waals surface area contributed by atoms with E-state index in [1.807, 2.05) is 6.92 Å². The van der Waals surface area contributed by atoms with Crippen LogP contribution in [0.2, 0.25) is 0 Å². The summed E-state index contributed by atoms with van der Waals surface area (Å²) >= 11 is 0. The minimum absolute atomic E-state index is 0.0269. The lowest BCUT2D eigenvalue weighted by molar-refractivity contribution is -0.122. The first-order valence-electron chi connectivity index (χ1n) is 5.15. The molecule has 1 fully saturated rings. The van der Waals surface area contributed by atoms with Gasteiger partial charge in [-0.05, 0) is 12.8 Å². The first-order valence-corrected chi connectivity index (χ1v) is 5.15. The lowest BCUT2D eigenvalue weighted by atomic mass is 9.85. The Hall–Kier alpha value is -0.570. The summed E-state index contributed by atoms with van der Waals surface area (Å²) in [5.74, 6) is 0.0269. The molecule has 0 unspecified atom stereocenters. The number of aliphatic hydroxyl groups is 1. The lowest BCUT2D eigenvalue weighted by Gasteiger charge is -2.32. The fourth-order valence-electron chi connectivity index (χ4n) is 1.77. The van der Waals surface area contributed by atoms with Gasteiger partial charge in [0, 0.05) is 13.0 Å². The van der Waals surface area contributed by atoms with Crippen LogP contribution in [0.5, 0.6) is 0 Å². The maximum absolute atomic E-state index is 11.0. The molecule has 0 spiro atoms. The third kappa shape index (κ3) is 3.35. The number of carbonyl (C=O) groups is 1. The molecule has 0 aliphatic heterocycles. The molecule has 0 bridgehead atoms. The van der Waals surface area contributed by atoms with Crippen molar-refractivity contribution in [3.63, 3.8) is 0 Å². The highest BCUT2D eigenvalue weighted by atomic mass is 16.3. The van der Waals surface area contributed by atoms with Gasteiger partial charge in [0.05, 0.1) is 5.60 Å². The van der Waals surface area contributed by atoms with Crippen molar-refractivity contribution in [2.45, 2.75) is 51.0 Å². The van der Waals surface area contributed by atoms with Crippen LogP contribution in [0.15, 0.2) is 0 Å². The van der Waals surface area contributed by atoms with Gasteiger partial charge in [0.2, 0.25) is 5.91 Å². The van der Waals surface area contributed by atoms with Gasteiger partial charge < -0.3 is 10.4 Å². The topological polar surface area (TPSA) is 49.3 Å². The quantitative estimate of drug-likeness (QED) is 0.694. The van der Waals surface area contributed by atoms with Gasteiger partial charge in [0.1, 0.15) is 0 Å². The minimum Gasteiger partial charge on any atom is -0.388 e. The van der Waals surface area contributed by atoms with Gasteiger partial charge in [-0.25, -0.2) is 0 Å². The molecule has 0 aromatic carbocycles. The van der Waals surface area contributed by atoms with Crippen molar-refractivity contribution in [2.24, 2.45) is 0 Å². The molecule has 0 radical (unpaired) electrons. The van der Waals surface area contributed by atoms with E-state index < -0.39 is 5.60 Å². The summed E-state index contributed by atoms with van der Waals surface area (Å²) in [5, 5.41) is 12.8. The van der Waals surface area contributed by atoms with E-state index in [0.717, 1.165) is 25.7 Å². The van der Waals surface area contributed by atoms with Crippen LogP contribution >= 0.6 is 0 Å². The third-order valence-electron chi connectivity index (χ3n) is 2.72. The van der Waals surface area contributed by atoms with Crippen LogP contribution in [-0.2, 0) is 4.79 Å². The van der Waals surface area contributed by atoms with Gasteiger partial charge in [0.15, 0.2) is 0 Å². The minimum atomic E-state index is -0.622. The number of hydrogen-bond donors (Lipinski definition) is 2. The fraction of sp³-hybridized carbons (Fsp3) is 0.900. The Morgan fingerprint density at radius 2 is 2.00 bits per heavy atom. The van der Waals surface area contributed by atoms with Crippen molar-refractivity contribution in [3.05, 3.63) is 0 Å². The molecule has 76 valence electrons. The molecule has 0 atom stereocenters. The predicted molar refractivity (Wildman–Crippen MR) is 51.3 cm³/mol. The van der Waals surface area contributed by atoms with E-state index in [1.165, 1.54) is 6.42 Å². The zero-order valence-corrected chi connectivity index (χ0v) is 8.31. The smallest absolute Gasteiger partial charge is 0.219 e. The summed E-state index contributed by atoms with van der Waals surface area (Å²) in [6.07, 6.45) is 5.53. The van der Waals surface area contributed by atoms with Crippen LogP contribution < -0.4 is 5.32 Å². The van der Waals surface area contributed by atoms with Crippen molar-refractivity contribution >= 4 is 5.91 Å². The van der Waals surface area contributed by atoms with Crippen molar-refractivity contribution < 1.29 is 9.90 Å². The van der Waals surface area contributed by atoms with E-state index in [4.69, 9.17) is 0 Å². The zero-order chi connectivity index (χ0) is 9.73. The van der Waals surface area contributed by atoms with Gasteiger partial charge in [-0.1, -0.05) is 26.2 Å². The molecule has 1 aliphatic carbocycles. The summed E-state index contributed by atoms with van der Waals surface area (Å²) < 4.78 is 0. The molecule has 3 nitrogen and oxygen atoms in total. The molecule has 0 aromatic heterocycles. The predicted octanol–water partition coefficient (Wildman–Crippen LogP) is 1.21. The van der Waals surface area contributed by atoms with E-state index in [1.54, 1.807) is 0 Å². The van der Waals surface area contributed by atoms with E-state index >= 15 is 0 Å². The van der Waals surface area contributed by atoms with Crippen molar-refractivity contribution in [1.82, 2.24) is 5.32 Å². The highest BCUT2D eigenvalue weighted by molar-refractivity contribution is 5.75. The molecule has 1 amide bonds. The highest BCUT2D eigenvalue weighted by Crippen LogP contribution is 2.27. The van der Waals surface area contributed by atoms with Crippen LogP contribution in [-0.4, -0.2) is 23.2 Å². The molecular weight excluding hydrogens is 166 g/mol.